The average Bonchev–Trinajstić information content (AvgIpc) is 3.74. The molecule has 0 atom stereocenters. The summed E-state index contributed by atoms with van der Waals surface area (Å²) < 4.78 is 0. The molecule has 0 radical (unpaired) electrons. The van der Waals surface area contributed by atoms with E-state index in [1.165, 1.54) is 125 Å². The third-order valence-corrected chi connectivity index (χ3v) is 11.3. The number of rotatable bonds is 4. The molecule has 0 spiro atoms. The maximum Gasteiger partial charge on any atom is 4.00 e. The summed E-state index contributed by atoms with van der Waals surface area (Å²) in [6.45, 7) is 18.2. The van der Waals surface area contributed by atoms with Crippen LogP contribution in [0.5, 0.6) is 0 Å². The van der Waals surface area contributed by atoms with Crippen molar-refractivity contribution in [2.45, 2.75) is 86.5 Å². The van der Waals surface area contributed by atoms with Crippen molar-refractivity contribution in [1.82, 2.24) is 0 Å². The predicted molar refractivity (Wildman–Crippen MR) is 200 cm³/mol. The van der Waals surface area contributed by atoms with Crippen molar-refractivity contribution < 1.29 is 25.8 Å². The first-order valence-electron chi connectivity index (χ1n) is 16.2. The second-order valence-corrected chi connectivity index (χ2v) is 13.7. The van der Waals surface area contributed by atoms with Crippen LogP contribution < -0.4 is 0 Å². The number of fused-ring (bicyclic) bond motifs is 2. The van der Waals surface area contributed by atoms with Gasteiger partial charge in [0.15, 0.2) is 0 Å². The van der Waals surface area contributed by atoms with Gasteiger partial charge in [-0.25, -0.2) is 0 Å². The van der Waals surface area contributed by atoms with Gasteiger partial charge in [0.2, 0.25) is 0 Å². The zero-order valence-electron chi connectivity index (χ0n) is 29.8. The molecule has 0 bridgehead atoms. The van der Waals surface area contributed by atoms with Gasteiger partial charge in [0.25, 0.3) is 0 Å². The van der Waals surface area contributed by atoms with Crippen LogP contribution in [0, 0.1) is 70.2 Å². The van der Waals surface area contributed by atoms with Gasteiger partial charge in [-0.2, -0.15) is 12.1 Å². The molecule has 6 aromatic carbocycles. The van der Waals surface area contributed by atoms with E-state index in [1.54, 1.807) is 0 Å². The molecule has 0 unspecified atom stereocenters. The van der Waals surface area contributed by atoms with Gasteiger partial charge in [-0.1, -0.05) is 48.2 Å². The van der Waals surface area contributed by atoms with Crippen molar-refractivity contribution in [3.05, 3.63) is 143 Å². The van der Waals surface area contributed by atoms with Crippen LogP contribution in [0.25, 0.3) is 43.8 Å². The molecule has 1 fully saturated rings. The molecule has 0 N–H and O–H groups in total. The van der Waals surface area contributed by atoms with Crippen LogP contribution in [0.4, 0.5) is 0 Å². The topological polar surface area (TPSA) is 0 Å². The Kier molecular flexibility index (Phi) is 10.3. The van der Waals surface area contributed by atoms with Crippen molar-refractivity contribution in [2.75, 3.05) is 0 Å². The van der Waals surface area contributed by atoms with Crippen molar-refractivity contribution >= 4 is 21.5 Å². The Morgan fingerprint density at radius 1 is 0.500 bits per heavy atom. The number of hydrogen-bond donors (Lipinski definition) is 0. The van der Waals surface area contributed by atoms with E-state index < -0.39 is 0 Å². The number of hydrogen-bond acceptors (Lipinski definition) is 0. The van der Waals surface area contributed by atoms with Crippen molar-refractivity contribution in [1.29, 1.82) is 0 Å². The minimum atomic E-state index is 0. The molecule has 0 aliphatic heterocycles. The van der Waals surface area contributed by atoms with E-state index in [0.717, 1.165) is 0 Å². The van der Waals surface area contributed by atoms with Gasteiger partial charge in [0.1, 0.15) is 0 Å². The molecule has 7 rings (SSSR count). The molecule has 234 valence electrons. The normalized spacial score (nSPS) is 13.8. The monoisotopic (exact) mass is 770 g/mol. The second kappa shape index (κ2) is 13.2. The maximum absolute atomic E-state index is 2.56. The van der Waals surface area contributed by atoms with Gasteiger partial charge < -0.3 is 14.9 Å². The molecule has 1 aliphatic carbocycles. The summed E-state index contributed by atoms with van der Waals surface area (Å²) in [6.07, 6.45) is 5.00. The van der Waals surface area contributed by atoms with Crippen LogP contribution in [-0.2, 0) is 31.3 Å². The first-order chi connectivity index (χ1) is 20.6. The third-order valence-electron chi connectivity index (χ3n) is 11.3. The molecule has 1 aliphatic rings. The van der Waals surface area contributed by atoms with Crippen LogP contribution in [-0.4, -0.2) is 0 Å². The van der Waals surface area contributed by atoms with Crippen LogP contribution >= 0.6 is 0 Å². The molecule has 0 heterocycles. The SMILES string of the molecule is Cc1cc(C)c(C)c(-c2cccc3[cH-]c(C4(c5cc6c(-c7c(C)c(C)cc(C)c7C)cccc6[cH-]5)CCCC4)cc23)c1C.[CH3-].[CH3-].[Hf+4]. The minimum absolute atomic E-state index is 0. The Labute approximate surface area is 297 Å². The fourth-order valence-corrected chi connectivity index (χ4v) is 8.42. The van der Waals surface area contributed by atoms with E-state index in [9.17, 15) is 0 Å². The maximum atomic E-state index is 2.56. The molecule has 0 aromatic heterocycles. The molecule has 0 saturated heterocycles. The summed E-state index contributed by atoms with van der Waals surface area (Å²) >= 11 is 0. The van der Waals surface area contributed by atoms with E-state index >= 15 is 0 Å². The molecule has 6 aromatic rings. The molecule has 1 heteroatoms. The van der Waals surface area contributed by atoms with E-state index in [1.807, 2.05) is 0 Å². The average molecular weight is 769 g/mol. The van der Waals surface area contributed by atoms with Gasteiger partial charge in [-0.15, -0.1) is 69.1 Å². The zero-order valence-corrected chi connectivity index (χ0v) is 33.3. The summed E-state index contributed by atoms with van der Waals surface area (Å²) in [6, 6.07) is 28.7. The number of aryl methyl sites for hydroxylation is 4. The Morgan fingerprint density at radius 3 is 1.20 bits per heavy atom. The number of benzene rings is 4. The predicted octanol–water partition coefficient (Wildman–Crippen LogP) is 13.0. The first-order valence-corrected chi connectivity index (χ1v) is 16.2. The van der Waals surface area contributed by atoms with Gasteiger partial charge in [-0.3, -0.25) is 0 Å². The summed E-state index contributed by atoms with van der Waals surface area (Å²) in [4.78, 5) is 0. The molecular weight excluding hydrogens is 719 g/mol. The largest absolute Gasteiger partial charge is 4.00 e. The first kappa shape index (κ1) is 35.8. The Balaban J connectivity index is 0.00000160. The zero-order chi connectivity index (χ0) is 30.2. The Morgan fingerprint density at radius 2 is 0.848 bits per heavy atom. The van der Waals surface area contributed by atoms with Crippen molar-refractivity contribution in [2.24, 2.45) is 0 Å². The summed E-state index contributed by atoms with van der Waals surface area (Å²) in [5.41, 5.74) is 19.8. The smallest absolute Gasteiger partial charge is 0.358 e. The molecule has 0 amide bonds. The van der Waals surface area contributed by atoms with Crippen LogP contribution in [0.1, 0.15) is 81.3 Å². The summed E-state index contributed by atoms with van der Waals surface area (Å²) in [7, 11) is 0. The Bertz CT molecular complexity index is 1860. The Hall–Kier alpha value is -3.03. The molecule has 46 heavy (non-hydrogen) atoms. The van der Waals surface area contributed by atoms with Gasteiger partial charge in [0, 0.05) is 0 Å². The quantitative estimate of drug-likeness (QED) is 0.124. The van der Waals surface area contributed by atoms with E-state index in [2.05, 4.69) is 128 Å². The van der Waals surface area contributed by atoms with Crippen LogP contribution in [0.2, 0.25) is 0 Å². The standard InChI is InChI=1S/C43H44.2CH3.Hf/c1-25-19-26(2)30(6)41(29(25)5)37-15-11-13-33-21-35(23-39(33)37)43(17-9-10-18-43)36-22-34-14-12-16-38(40(34)24-36)42-31(7)27(3)20-28(4)32(42)8;;;/h11-16,19-24H,9-10,17-18H2,1-8H3;2*1H3;/q-2;2*-1;+4. The fraction of sp³-hybridized carbons (Fsp3) is 0.289. The van der Waals surface area contributed by atoms with Gasteiger partial charge in [0.05, 0.1) is 0 Å². The fourth-order valence-electron chi connectivity index (χ4n) is 8.42. The van der Waals surface area contributed by atoms with E-state index in [0.29, 0.717) is 0 Å². The molecular formula is C45H50Hf. The van der Waals surface area contributed by atoms with E-state index in [4.69, 9.17) is 0 Å². The van der Waals surface area contributed by atoms with Crippen molar-refractivity contribution in [3.63, 3.8) is 0 Å². The minimum Gasteiger partial charge on any atom is -0.358 e. The van der Waals surface area contributed by atoms with Gasteiger partial charge in [-0.05, 0) is 129 Å². The molecule has 1 saturated carbocycles. The van der Waals surface area contributed by atoms with Crippen LogP contribution in [0.15, 0.2) is 72.8 Å². The van der Waals surface area contributed by atoms with Crippen LogP contribution in [0.3, 0.4) is 0 Å². The summed E-state index contributed by atoms with van der Waals surface area (Å²) in [5, 5.41) is 5.54. The third kappa shape index (κ3) is 5.41. The van der Waals surface area contributed by atoms with Crippen molar-refractivity contribution in [3.8, 4) is 22.3 Å². The van der Waals surface area contributed by atoms with E-state index in [-0.39, 0.29) is 46.1 Å². The second-order valence-electron chi connectivity index (χ2n) is 13.7. The van der Waals surface area contributed by atoms with Gasteiger partial charge >= 0.3 is 25.8 Å². The molecule has 0 nitrogen and oxygen atoms in total. The summed E-state index contributed by atoms with van der Waals surface area (Å²) in [5.74, 6) is 0.